The van der Waals surface area contributed by atoms with Crippen LogP contribution in [0.25, 0.3) is 0 Å². The third kappa shape index (κ3) is 4.19. The summed E-state index contributed by atoms with van der Waals surface area (Å²) in [6.45, 7) is 12.1. The second-order valence-electron chi connectivity index (χ2n) is 6.02. The van der Waals surface area contributed by atoms with E-state index in [0.717, 1.165) is 26.2 Å². The van der Waals surface area contributed by atoms with Gasteiger partial charge < -0.3 is 4.90 Å². The van der Waals surface area contributed by atoms with Crippen LogP contribution in [0.15, 0.2) is 0 Å². The number of sulfonamides is 1. The van der Waals surface area contributed by atoms with Crippen molar-refractivity contribution in [1.82, 2.24) is 14.5 Å². The third-order valence-corrected chi connectivity index (χ3v) is 5.47. The van der Waals surface area contributed by atoms with E-state index < -0.39 is 10.0 Å². The second kappa shape index (κ2) is 5.86. The molecule has 0 saturated carbocycles. The van der Waals surface area contributed by atoms with Crippen molar-refractivity contribution >= 4 is 10.0 Å². The van der Waals surface area contributed by atoms with Crippen LogP contribution in [0.4, 0.5) is 0 Å². The lowest BCUT2D eigenvalue weighted by Gasteiger charge is -2.43. The lowest BCUT2D eigenvalue weighted by Crippen LogP contribution is -2.58. The lowest BCUT2D eigenvalue weighted by molar-refractivity contribution is 0.0652. The maximum absolute atomic E-state index is 11.8. The van der Waals surface area contributed by atoms with Crippen LogP contribution in [0.1, 0.15) is 27.7 Å². The molecular weight excluding hydrogens is 250 g/mol. The van der Waals surface area contributed by atoms with Gasteiger partial charge in [-0.25, -0.2) is 13.1 Å². The SMILES string of the molecule is CC(C)S(=O)(=O)NCC(C)(C)N1CCN(C)CC1. The molecule has 1 heterocycles. The molecule has 0 aromatic rings. The van der Waals surface area contributed by atoms with E-state index in [1.807, 2.05) is 0 Å². The molecule has 0 aliphatic carbocycles. The Bertz CT molecular complexity index is 358. The second-order valence-corrected chi connectivity index (χ2v) is 8.34. The van der Waals surface area contributed by atoms with Crippen LogP contribution < -0.4 is 4.72 Å². The number of nitrogens with one attached hydrogen (secondary N) is 1. The van der Waals surface area contributed by atoms with E-state index in [1.165, 1.54) is 0 Å². The first kappa shape index (κ1) is 15.9. The summed E-state index contributed by atoms with van der Waals surface area (Å²) in [4.78, 5) is 4.65. The quantitative estimate of drug-likeness (QED) is 0.787. The monoisotopic (exact) mass is 277 g/mol. The van der Waals surface area contributed by atoms with Gasteiger partial charge in [-0.05, 0) is 34.7 Å². The molecule has 0 atom stereocenters. The van der Waals surface area contributed by atoms with Crippen LogP contribution in [-0.4, -0.2) is 68.8 Å². The summed E-state index contributed by atoms with van der Waals surface area (Å²) in [6, 6.07) is 0. The molecule has 108 valence electrons. The van der Waals surface area contributed by atoms with E-state index in [-0.39, 0.29) is 10.8 Å². The molecule has 1 N–H and O–H groups in total. The van der Waals surface area contributed by atoms with Gasteiger partial charge in [0, 0.05) is 38.3 Å². The highest BCUT2D eigenvalue weighted by Crippen LogP contribution is 2.16. The fourth-order valence-corrected chi connectivity index (χ4v) is 2.86. The molecule has 18 heavy (non-hydrogen) atoms. The highest BCUT2D eigenvalue weighted by Gasteiger charge is 2.30. The molecule has 0 radical (unpaired) electrons. The standard InChI is InChI=1S/C12H27N3O2S/c1-11(2)18(16,17)13-10-12(3,4)15-8-6-14(5)7-9-15/h11,13H,6-10H2,1-5H3. The maximum Gasteiger partial charge on any atom is 0.213 e. The zero-order chi connectivity index (χ0) is 14.0. The minimum absolute atomic E-state index is 0.136. The zero-order valence-corrected chi connectivity index (χ0v) is 13.0. The van der Waals surface area contributed by atoms with E-state index in [9.17, 15) is 8.42 Å². The Balaban J connectivity index is 2.54. The number of hydrogen-bond donors (Lipinski definition) is 1. The van der Waals surface area contributed by atoms with Gasteiger partial charge in [0.2, 0.25) is 10.0 Å². The van der Waals surface area contributed by atoms with Crippen molar-refractivity contribution < 1.29 is 8.42 Å². The molecule has 0 unspecified atom stereocenters. The molecule has 5 nitrogen and oxygen atoms in total. The van der Waals surface area contributed by atoms with Crippen molar-refractivity contribution in [3.05, 3.63) is 0 Å². The van der Waals surface area contributed by atoms with E-state index in [1.54, 1.807) is 13.8 Å². The van der Waals surface area contributed by atoms with Gasteiger partial charge in [0.15, 0.2) is 0 Å². The van der Waals surface area contributed by atoms with E-state index >= 15 is 0 Å². The number of nitrogens with zero attached hydrogens (tertiary/aromatic N) is 2. The summed E-state index contributed by atoms with van der Waals surface area (Å²) in [7, 11) is -1.05. The number of likely N-dealkylation sites (N-methyl/N-ethyl adjacent to an activating group) is 1. The molecular formula is C12H27N3O2S. The largest absolute Gasteiger partial charge is 0.304 e. The molecule has 0 aromatic heterocycles. The highest BCUT2D eigenvalue weighted by molar-refractivity contribution is 7.90. The van der Waals surface area contributed by atoms with Gasteiger partial charge in [0.1, 0.15) is 0 Å². The van der Waals surface area contributed by atoms with Crippen molar-refractivity contribution in [1.29, 1.82) is 0 Å². The summed E-state index contributed by atoms with van der Waals surface area (Å²) in [5, 5.41) is -0.374. The lowest BCUT2D eigenvalue weighted by atomic mass is 10.0. The summed E-state index contributed by atoms with van der Waals surface area (Å²) >= 11 is 0. The third-order valence-electron chi connectivity index (χ3n) is 3.69. The number of piperazine rings is 1. The van der Waals surface area contributed by atoms with Crippen molar-refractivity contribution in [2.45, 2.75) is 38.5 Å². The summed E-state index contributed by atoms with van der Waals surface area (Å²) in [5.74, 6) is 0. The zero-order valence-electron chi connectivity index (χ0n) is 12.2. The van der Waals surface area contributed by atoms with E-state index in [2.05, 4.69) is 35.4 Å². The first-order valence-electron chi connectivity index (χ1n) is 6.57. The highest BCUT2D eigenvalue weighted by atomic mass is 32.2. The summed E-state index contributed by atoms with van der Waals surface area (Å²) < 4.78 is 26.3. The van der Waals surface area contributed by atoms with Gasteiger partial charge in [-0.1, -0.05) is 0 Å². The van der Waals surface area contributed by atoms with Crippen LogP contribution in [0.2, 0.25) is 0 Å². The predicted molar refractivity (Wildman–Crippen MR) is 75.2 cm³/mol. The molecule has 6 heteroatoms. The van der Waals surface area contributed by atoms with Crippen molar-refractivity contribution in [3.63, 3.8) is 0 Å². The van der Waals surface area contributed by atoms with Gasteiger partial charge in [0.25, 0.3) is 0 Å². The Hall–Kier alpha value is -0.170. The summed E-state index contributed by atoms with van der Waals surface area (Å²) in [5.41, 5.74) is -0.136. The van der Waals surface area contributed by atoms with Gasteiger partial charge in [-0.15, -0.1) is 0 Å². The Morgan fingerprint density at radius 3 is 2.11 bits per heavy atom. The molecule has 0 bridgehead atoms. The van der Waals surface area contributed by atoms with Crippen LogP contribution in [0.5, 0.6) is 0 Å². The Morgan fingerprint density at radius 2 is 1.67 bits per heavy atom. The molecule has 1 saturated heterocycles. The Labute approximate surface area is 112 Å². The average molecular weight is 277 g/mol. The van der Waals surface area contributed by atoms with Crippen LogP contribution in [0.3, 0.4) is 0 Å². The molecule has 1 aliphatic rings. The molecule has 0 aromatic carbocycles. The normalized spacial score (nSPS) is 20.6. The van der Waals surface area contributed by atoms with Crippen molar-refractivity contribution in [2.75, 3.05) is 39.8 Å². The fraction of sp³-hybridized carbons (Fsp3) is 1.00. The first-order valence-corrected chi connectivity index (χ1v) is 8.12. The van der Waals surface area contributed by atoms with Gasteiger partial charge in [-0.2, -0.15) is 0 Å². The average Bonchev–Trinajstić information content (AvgIpc) is 2.27. The Kier molecular flexibility index (Phi) is 5.17. The van der Waals surface area contributed by atoms with Crippen LogP contribution >= 0.6 is 0 Å². The Morgan fingerprint density at radius 1 is 1.17 bits per heavy atom. The van der Waals surface area contributed by atoms with Crippen molar-refractivity contribution in [2.24, 2.45) is 0 Å². The fourth-order valence-electron chi connectivity index (χ4n) is 1.97. The van der Waals surface area contributed by atoms with Gasteiger partial charge in [-0.3, -0.25) is 4.90 Å². The molecule has 1 aliphatic heterocycles. The molecule has 1 rings (SSSR count). The van der Waals surface area contributed by atoms with Crippen molar-refractivity contribution in [3.8, 4) is 0 Å². The molecule has 1 fully saturated rings. The minimum Gasteiger partial charge on any atom is -0.304 e. The van der Waals surface area contributed by atoms with E-state index in [4.69, 9.17) is 0 Å². The molecule has 0 amide bonds. The number of rotatable bonds is 5. The number of hydrogen-bond acceptors (Lipinski definition) is 4. The molecule has 0 spiro atoms. The minimum atomic E-state index is -3.17. The smallest absolute Gasteiger partial charge is 0.213 e. The van der Waals surface area contributed by atoms with E-state index in [0.29, 0.717) is 6.54 Å². The van der Waals surface area contributed by atoms with Crippen LogP contribution in [0, 0.1) is 0 Å². The first-order chi connectivity index (χ1) is 8.15. The maximum atomic E-state index is 11.8. The van der Waals surface area contributed by atoms with Gasteiger partial charge in [0.05, 0.1) is 5.25 Å². The van der Waals surface area contributed by atoms with Crippen LogP contribution in [-0.2, 0) is 10.0 Å². The topological polar surface area (TPSA) is 52.7 Å². The summed E-state index contributed by atoms with van der Waals surface area (Å²) in [6.07, 6.45) is 0. The predicted octanol–water partition coefficient (Wildman–Crippen LogP) is 0.340. The van der Waals surface area contributed by atoms with Gasteiger partial charge >= 0.3 is 0 Å².